The number of guanidine groups is 1. The third-order valence-electron chi connectivity index (χ3n) is 5.09. The Labute approximate surface area is 156 Å². The quantitative estimate of drug-likeness (QED) is 0.617. The van der Waals surface area contributed by atoms with Crippen LogP contribution in [0.4, 0.5) is 0 Å². The van der Waals surface area contributed by atoms with Crippen LogP contribution < -0.4 is 10.6 Å². The number of rotatable bonds is 6. The van der Waals surface area contributed by atoms with E-state index in [9.17, 15) is 0 Å². The highest BCUT2D eigenvalue weighted by atomic mass is 15.3. The maximum Gasteiger partial charge on any atom is 0.191 e. The number of nitrogens with one attached hydrogen (secondary N) is 2. The lowest BCUT2D eigenvalue weighted by Crippen LogP contribution is -2.42. The van der Waals surface area contributed by atoms with Crippen LogP contribution in [0.15, 0.2) is 41.5 Å². The molecule has 3 rings (SSSR count). The van der Waals surface area contributed by atoms with Crippen molar-refractivity contribution in [3.05, 3.63) is 53.3 Å². The molecule has 0 spiro atoms. The Bertz CT molecular complexity index is 712. The molecular formula is C20H30N6. The van der Waals surface area contributed by atoms with Gasteiger partial charge >= 0.3 is 0 Å². The van der Waals surface area contributed by atoms with Crippen LogP contribution in [-0.2, 0) is 13.6 Å². The second kappa shape index (κ2) is 8.85. The summed E-state index contributed by atoms with van der Waals surface area (Å²) in [5, 5.41) is 11.1. The Morgan fingerprint density at radius 2 is 1.88 bits per heavy atom. The van der Waals surface area contributed by atoms with Crippen LogP contribution >= 0.6 is 0 Å². The van der Waals surface area contributed by atoms with E-state index in [2.05, 4.69) is 56.8 Å². The summed E-state index contributed by atoms with van der Waals surface area (Å²) in [5.41, 5.74) is 3.80. The molecule has 1 aromatic heterocycles. The van der Waals surface area contributed by atoms with Crippen LogP contribution in [0.5, 0.6) is 0 Å². The molecule has 0 aliphatic carbocycles. The van der Waals surface area contributed by atoms with Gasteiger partial charge in [0.1, 0.15) is 0 Å². The highest BCUT2D eigenvalue weighted by Gasteiger charge is 2.23. The third kappa shape index (κ3) is 4.64. The monoisotopic (exact) mass is 354 g/mol. The van der Waals surface area contributed by atoms with Gasteiger partial charge in [-0.1, -0.05) is 29.8 Å². The molecule has 2 aromatic rings. The van der Waals surface area contributed by atoms with Crippen LogP contribution in [0.1, 0.15) is 35.7 Å². The smallest absolute Gasteiger partial charge is 0.191 e. The first kappa shape index (κ1) is 18.5. The predicted octanol–water partition coefficient (Wildman–Crippen LogP) is 2.23. The second-order valence-corrected chi connectivity index (χ2v) is 6.92. The van der Waals surface area contributed by atoms with Gasteiger partial charge in [-0.15, -0.1) is 0 Å². The van der Waals surface area contributed by atoms with E-state index < -0.39 is 0 Å². The average molecular weight is 355 g/mol. The Hall–Kier alpha value is -2.34. The Kier molecular flexibility index (Phi) is 6.28. The minimum atomic E-state index is 0.369. The SMILES string of the molecule is CN=C(NCc1ccnn1C)NCC(c1ccc(C)cc1)N1CCCC1. The minimum absolute atomic E-state index is 0.369. The average Bonchev–Trinajstić information content (AvgIpc) is 3.31. The Morgan fingerprint density at radius 3 is 2.50 bits per heavy atom. The molecule has 26 heavy (non-hydrogen) atoms. The number of benzene rings is 1. The van der Waals surface area contributed by atoms with Crippen LogP contribution in [0.3, 0.4) is 0 Å². The first-order valence-corrected chi connectivity index (χ1v) is 9.39. The van der Waals surface area contributed by atoms with Gasteiger partial charge in [0.15, 0.2) is 5.96 Å². The number of hydrogen-bond donors (Lipinski definition) is 2. The first-order valence-electron chi connectivity index (χ1n) is 9.39. The Morgan fingerprint density at radius 1 is 1.15 bits per heavy atom. The molecule has 2 N–H and O–H groups in total. The van der Waals surface area contributed by atoms with Crippen molar-refractivity contribution < 1.29 is 0 Å². The molecule has 6 nitrogen and oxygen atoms in total. The zero-order valence-electron chi connectivity index (χ0n) is 16.1. The number of likely N-dealkylation sites (tertiary alicyclic amines) is 1. The van der Waals surface area contributed by atoms with Crippen molar-refractivity contribution in [3.63, 3.8) is 0 Å². The van der Waals surface area contributed by atoms with Gasteiger partial charge in [-0.2, -0.15) is 5.10 Å². The standard InChI is InChI=1S/C20H30N6/c1-16-6-8-17(9-7-16)19(26-12-4-5-13-26)15-23-20(21-2)22-14-18-10-11-24-25(18)3/h6-11,19H,4-5,12-15H2,1-3H3,(H2,21,22,23). The van der Waals surface area contributed by atoms with Crippen LogP contribution in [0, 0.1) is 6.92 Å². The molecule has 0 radical (unpaired) electrons. The summed E-state index contributed by atoms with van der Waals surface area (Å²) in [4.78, 5) is 6.95. The lowest BCUT2D eigenvalue weighted by molar-refractivity contribution is 0.245. The fourth-order valence-corrected chi connectivity index (χ4v) is 3.46. The molecule has 1 aliphatic heterocycles. The van der Waals surface area contributed by atoms with Crippen molar-refractivity contribution in [1.29, 1.82) is 0 Å². The topological polar surface area (TPSA) is 57.5 Å². The van der Waals surface area contributed by atoms with Crippen LogP contribution in [0.2, 0.25) is 0 Å². The number of aryl methyl sites for hydroxylation is 2. The van der Waals surface area contributed by atoms with Gasteiger partial charge in [0, 0.05) is 26.8 Å². The molecule has 1 aliphatic rings. The molecule has 0 amide bonds. The van der Waals surface area contributed by atoms with Crippen LogP contribution in [-0.4, -0.2) is 47.3 Å². The summed E-state index contributed by atoms with van der Waals surface area (Å²) in [5.74, 6) is 0.822. The number of aromatic nitrogens is 2. The van der Waals surface area contributed by atoms with Crippen molar-refractivity contribution in [2.75, 3.05) is 26.7 Å². The number of aliphatic imine (C=N–C) groups is 1. The zero-order valence-corrected chi connectivity index (χ0v) is 16.1. The van der Waals surface area contributed by atoms with Gasteiger partial charge in [-0.05, 0) is 44.5 Å². The Balaban J connectivity index is 1.62. The van der Waals surface area contributed by atoms with E-state index in [1.54, 1.807) is 0 Å². The highest BCUT2D eigenvalue weighted by Crippen LogP contribution is 2.24. The van der Waals surface area contributed by atoms with E-state index in [1.807, 2.05) is 31.0 Å². The number of hydrogen-bond acceptors (Lipinski definition) is 3. The van der Waals surface area contributed by atoms with E-state index in [1.165, 1.54) is 37.1 Å². The van der Waals surface area contributed by atoms with Gasteiger partial charge in [0.05, 0.1) is 18.3 Å². The zero-order chi connectivity index (χ0) is 18.4. The summed E-state index contributed by atoms with van der Waals surface area (Å²) in [7, 11) is 3.77. The van der Waals surface area contributed by atoms with E-state index in [0.29, 0.717) is 12.6 Å². The molecule has 6 heteroatoms. The van der Waals surface area contributed by atoms with E-state index in [-0.39, 0.29) is 0 Å². The predicted molar refractivity (Wildman–Crippen MR) is 106 cm³/mol. The summed E-state index contributed by atoms with van der Waals surface area (Å²) in [6.07, 6.45) is 4.39. The molecule has 2 heterocycles. The van der Waals surface area contributed by atoms with Crippen molar-refractivity contribution in [2.24, 2.45) is 12.0 Å². The maximum atomic E-state index is 4.37. The van der Waals surface area contributed by atoms with Gasteiger partial charge in [-0.25, -0.2) is 0 Å². The second-order valence-electron chi connectivity index (χ2n) is 6.92. The van der Waals surface area contributed by atoms with Gasteiger partial charge in [-0.3, -0.25) is 14.6 Å². The molecule has 0 bridgehead atoms. The molecule has 1 unspecified atom stereocenters. The molecule has 140 valence electrons. The van der Waals surface area contributed by atoms with Crippen molar-refractivity contribution in [3.8, 4) is 0 Å². The summed E-state index contributed by atoms with van der Waals surface area (Å²) in [6.45, 7) is 6.02. The van der Waals surface area contributed by atoms with E-state index >= 15 is 0 Å². The summed E-state index contributed by atoms with van der Waals surface area (Å²) < 4.78 is 1.87. The van der Waals surface area contributed by atoms with Crippen molar-refractivity contribution in [2.45, 2.75) is 32.4 Å². The van der Waals surface area contributed by atoms with E-state index in [0.717, 1.165) is 18.2 Å². The molecule has 1 fully saturated rings. The number of nitrogens with zero attached hydrogens (tertiary/aromatic N) is 4. The molecule has 1 saturated heterocycles. The van der Waals surface area contributed by atoms with Gasteiger partial charge < -0.3 is 10.6 Å². The molecule has 1 aromatic carbocycles. The molecular weight excluding hydrogens is 324 g/mol. The molecule has 0 saturated carbocycles. The van der Waals surface area contributed by atoms with Gasteiger partial charge in [0.25, 0.3) is 0 Å². The fraction of sp³-hybridized carbons (Fsp3) is 0.500. The third-order valence-corrected chi connectivity index (χ3v) is 5.09. The summed E-state index contributed by atoms with van der Waals surface area (Å²) in [6, 6.07) is 11.3. The fourth-order valence-electron chi connectivity index (χ4n) is 3.46. The largest absolute Gasteiger partial charge is 0.354 e. The van der Waals surface area contributed by atoms with Crippen molar-refractivity contribution in [1.82, 2.24) is 25.3 Å². The van der Waals surface area contributed by atoms with E-state index in [4.69, 9.17) is 0 Å². The lowest BCUT2D eigenvalue weighted by Gasteiger charge is -2.29. The van der Waals surface area contributed by atoms with Crippen LogP contribution in [0.25, 0.3) is 0 Å². The molecule has 1 atom stereocenters. The minimum Gasteiger partial charge on any atom is -0.354 e. The highest BCUT2D eigenvalue weighted by molar-refractivity contribution is 5.79. The van der Waals surface area contributed by atoms with Gasteiger partial charge in [0.2, 0.25) is 0 Å². The first-order chi connectivity index (χ1) is 12.7. The van der Waals surface area contributed by atoms with Crippen molar-refractivity contribution >= 4 is 5.96 Å². The normalized spacial score (nSPS) is 16.7. The lowest BCUT2D eigenvalue weighted by atomic mass is 10.0. The summed E-state index contributed by atoms with van der Waals surface area (Å²) >= 11 is 0. The maximum absolute atomic E-state index is 4.37.